The summed E-state index contributed by atoms with van der Waals surface area (Å²) in [4.78, 5) is 67.6. The minimum absolute atomic E-state index is 0.00808. The van der Waals surface area contributed by atoms with Crippen molar-refractivity contribution in [2.24, 2.45) is 45.8 Å². The van der Waals surface area contributed by atoms with E-state index in [1.54, 1.807) is 20.8 Å². The summed E-state index contributed by atoms with van der Waals surface area (Å²) in [7, 11) is 0. The van der Waals surface area contributed by atoms with E-state index >= 15 is 9.59 Å². The molecular weight excluding hydrogens is 1040 g/mol. The van der Waals surface area contributed by atoms with E-state index < -0.39 is 83.9 Å². The van der Waals surface area contributed by atoms with Crippen molar-refractivity contribution >= 4 is 23.9 Å². The number of quaternary nitrogens is 3. The molecule has 18 heteroatoms. The Kier molecular flexibility index (Phi) is 31.5. The number of hydrogen-bond donors (Lipinski definition) is 1. The van der Waals surface area contributed by atoms with Gasteiger partial charge in [-0.05, 0) is 96.3 Å². The number of carbonyl (C=O) groups is 4. The fraction of sp³-hybridized carbons (Fsp3) is 0.828. The van der Waals surface area contributed by atoms with Gasteiger partial charge in [-0.3, -0.25) is 18.9 Å². The van der Waals surface area contributed by atoms with Crippen LogP contribution in [-0.4, -0.2) is 145 Å². The van der Waals surface area contributed by atoms with E-state index in [1.165, 1.54) is 0 Å². The largest absolute Gasteiger partial charge is 0.490 e. The predicted octanol–water partition coefficient (Wildman–Crippen LogP) is 12.5. The van der Waals surface area contributed by atoms with Crippen LogP contribution in [-0.2, 0) is 42.9 Å². The Bertz CT molecular complexity index is 2280. The van der Waals surface area contributed by atoms with E-state index in [-0.39, 0.29) is 82.3 Å². The van der Waals surface area contributed by atoms with Crippen LogP contribution in [0, 0.1) is 93.0 Å². The molecular formula is C64H111N8O10+3. The molecule has 0 spiro atoms. The number of aliphatic hydroxyl groups is 1. The second-order valence-electron chi connectivity index (χ2n) is 27.2. The summed E-state index contributed by atoms with van der Waals surface area (Å²) >= 11 is 0. The summed E-state index contributed by atoms with van der Waals surface area (Å²) in [6, 6.07) is 6.26. The lowest BCUT2D eigenvalue weighted by atomic mass is 9.82. The lowest BCUT2D eigenvalue weighted by Crippen LogP contribution is -2.69. The van der Waals surface area contributed by atoms with Crippen LogP contribution < -0.4 is 0 Å². The first-order valence-electron chi connectivity index (χ1n) is 30.4. The number of rotatable bonds is 37. The van der Waals surface area contributed by atoms with Crippen molar-refractivity contribution in [3.63, 3.8) is 0 Å². The number of aliphatic hydroxyl groups excluding tert-OH is 1. The number of ether oxygens (including phenoxy) is 5. The molecule has 0 rings (SSSR count). The van der Waals surface area contributed by atoms with Gasteiger partial charge in [0.15, 0.2) is 18.4 Å². The van der Waals surface area contributed by atoms with Gasteiger partial charge in [0.2, 0.25) is 5.70 Å². The van der Waals surface area contributed by atoms with Gasteiger partial charge < -0.3 is 37.8 Å². The third-order valence-electron chi connectivity index (χ3n) is 16.4. The van der Waals surface area contributed by atoms with Gasteiger partial charge in [-0.25, -0.2) is 21.0 Å². The Hall–Kier alpha value is -5.45. The van der Waals surface area contributed by atoms with E-state index in [4.69, 9.17) is 36.8 Å². The van der Waals surface area contributed by atoms with E-state index in [1.807, 2.05) is 54.5 Å². The van der Waals surface area contributed by atoms with Crippen LogP contribution >= 0.6 is 0 Å². The minimum Gasteiger partial charge on any atom is -0.490 e. The SMILES string of the molecule is [C-]#[N+]C(CC(C#N)(C(=O)OC(OC(=O)C(C#N)C[N+](CC)(CC)CC(C)CC(C)(C)C)OC(=O)C(CC(C#N)C(=O)OCCC)(C[N+](CC)(CC)CC(C)CC(C)(C)C)[N+]#[C-])[N+](CC)(CC)CC(C)CC(C)(C)C)=C(O)OC(CC)CC. The molecule has 1 N–H and O–H groups in total. The van der Waals surface area contributed by atoms with Gasteiger partial charge >= 0.3 is 35.9 Å². The Morgan fingerprint density at radius 1 is 0.573 bits per heavy atom. The summed E-state index contributed by atoms with van der Waals surface area (Å²) in [5.74, 6) is -8.85. The van der Waals surface area contributed by atoms with Gasteiger partial charge in [-0.15, -0.1) is 0 Å². The summed E-state index contributed by atoms with van der Waals surface area (Å²) in [5.41, 5.74) is -5.59. The van der Waals surface area contributed by atoms with E-state index in [0.717, 1.165) is 12.8 Å². The van der Waals surface area contributed by atoms with Crippen molar-refractivity contribution in [1.82, 2.24) is 0 Å². The van der Waals surface area contributed by atoms with Crippen molar-refractivity contribution in [1.29, 1.82) is 15.8 Å². The van der Waals surface area contributed by atoms with Crippen LogP contribution in [0.5, 0.6) is 0 Å². The molecule has 0 bridgehead atoms. The van der Waals surface area contributed by atoms with Crippen molar-refractivity contribution in [2.75, 3.05) is 78.6 Å². The fourth-order valence-corrected chi connectivity index (χ4v) is 12.6. The Morgan fingerprint density at radius 2 is 1.02 bits per heavy atom. The van der Waals surface area contributed by atoms with Crippen molar-refractivity contribution in [2.45, 2.75) is 220 Å². The standard InChI is InChI=1S/C64H110N8O10/c1-24-33-78-54(73)50(39-65)37-63(69-23,46-71(29-6,30-7)42-48(11)35-61(16,17)18)57(76)81-59(80-55(74)51(40-66)44-70(27-4,28-5)41-47(10)34-60(13,14)15)82-58(77)64(45-67,38-53(68-22)56(75)79-52(25-2)26-3)72(31-8,32-9)43-49(12)36-62(19,20)21/h47-52,59H,24-38,41-44,46H2,1-21H3/q+2/p+1. The molecule has 0 aliphatic carbocycles. The van der Waals surface area contributed by atoms with Crippen molar-refractivity contribution < 1.29 is 61.4 Å². The first-order valence-corrected chi connectivity index (χ1v) is 30.4. The van der Waals surface area contributed by atoms with Gasteiger partial charge in [0.1, 0.15) is 18.7 Å². The molecule has 464 valence electrons. The van der Waals surface area contributed by atoms with Gasteiger partial charge in [0, 0.05) is 17.8 Å². The summed E-state index contributed by atoms with van der Waals surface area (Å²) in [6.07, 6.45) is 1.66. The molecule has 0 fully saturated rings. The molecule has 82 heavy (non-hydrogen) atoms. The zero-order valence-corrected chi connectivity index (χ0v) is 54.9. The van der Waals surface area contributed by atoms with Crippen LogP contribution in [0.25, 0.3) is 9.69 Å². The lowest BCUT2D eigenvalue weighted by Gasteiger charge is -2.49. The number of carbonyl (C=O) groups excluding carboxylic acids is 4. The average molecular weight is 1150 g/mol. The van der Waals surface area contributed by atoms with Crippen molar-refractivity contribution in [3.05, 3.63) is 34.5 Å². The van der Waals surface area contributed by atoms with Crippen LogP contribution in [0.15, 0.2) is 11.6 Å². The third kappa shape index (κ3) is 23.0. The lowest BCUT2D eigenvalue weighted by molar-refractivity contribution is -0.959. The van der Waals surface area contributed by atoms with Crippen LogP contribution in [0.1, 0.15) is 197 Å². The molecule has 0 aliphatic heterocycles. The number of likely N-dealkylation sites (N-methyl/N-ethyl adjacent to an activating group) is 2. The highest BCUT2D eigenvalue weighted by atomic mass is 16.9. The highest BCUT2D eigenvalue weighted by Crippen LogP contribution is 2.40. The highest BCUT2D eigenvalue weighted by Gasteiger charge is 2.62. The molecule has 18 nitrogen and oxygen atoms in total. The normalized spacial score (nSPS) is 16.5. The number of hydrogen-bond acceptors (Lipinski definition) is 13. The summed E-state index contributed by atoms with van der Waals surface area (Å²) in [5, 5.41) is 44.7. The molecule has 0 aliphatic rings. The number of nitrogens with zero attached hydrogens (tertiary/aromatic N) is 8. The number of nitriles is 3. The minimum atomic E-state index is -2.67. The molecule has 0 saturated carbocycles. The summed E-state index contributed by atoms with van der Waals surface area (Å²) < 4.78 is 29.7. The van der Waals surface area contributed by atoms with Gasteiger partial charge in [-0.1, -0.05) is 104 Å². The summed E-state index contributed by atoms with van der Waals surface area (Å²) in [6.45, 7) is 59.6. The zero-order valence-electron chi connectivity index (χ0n) is 54.9. The van der Waals surface area contributed by atoms with E-state index in [9.17, 15) is 30.5 Å². The molecule has 0 aromatic carbocycles. The van der Waals surface area contributed by atoms with Crippen LogP contribution in [0.4, 0.5) is 0 Å². The zero-order chi connectivity index (χ0) is 63.7. The molecule has 0 amide bonds. The van der Waals surface area contributed by atoms with E-state index in [2.05, 4.69) is 98.0 Å². The molecule has 8 unspecified atom stereocenters. The maximum absolute atomic E-state index is 15.9. The Morgan fingerprint density at radius 3 is 1.40 bits per heavy atom. The number of esters is 4. The fourth-order valence-electron chi connectivity index (χ4n) is 12.6. The molecule has 0 heterocycles. The van der Waals surface area contributed by atoms with Gasteiger partial charge in [0.25, 0.3) is 11.5 Å². The highest BCUT2D eigenvalue weighted by molar-refractivity contribution is 5.87. The third-order valence-corrected chi connectivity index (χ3v) is 16.4. The van der Waals surface area contributed by atoms with Crippen LogP contribution in [0.2, 0.25) is 0 Å². The Balaban J connectivity index is 9.00. The molecule has 8 atom stereocenters. The van der Waals surface area contributed by atoms with Crippen LogP contribution in [0.3, 0.4) is 0 Å². The Labute approximate surface area is 496 Å². The molecule has 0 radical (unpaired) electrons. The predicted molar refractivity (Wildman–Crippen MR) is 318 cm³/mol. The smallest absolute Gasteiger partial charge is 0.413 e. The van der Waals surface area contributed by atoms with E-state index in [0.29, 0.717) is 69.4 Å². The topological polar surface area (TPSA) is 215 Å². The first kappa shape index (κ1) is 76.5. The second kappa shape index (κ2) is 33.7. The first-order chi connectivity index (χ1) is 38.0. The van der Waals surface area contributed by atoms with Gasteiger partial charge in [0.05, 0.1) is 97.1 Å². The quantitative estimate of drug-likeness (QED) is 0.0202. The van der Waals surface area contributed by atoms with Crippen molar-refractivity contribution in [3.8, 4) is 18.2 Å². The maximum Gasteiger partial charge on any atom is 0.413 e. The molecule has 0 aromatic rings. The second-order valence-corrected chi connectivity index (χ2v) is 27.2. The monoisotopic (exact) mass is 1150 g/mol. The van der Waals surface area contributed by atoms with Gasteiger partial charge in [-0.2, -0.15) is 15.8 Å². The molecule has 0 aromatic heterocycles. The molecule has 0 saturated heterocycles. The maximum atomic E-state index is 15.9. The average Bonchev–Trinajstić information content (AvgIpc) is 3.39.